The van der Waals surface area contributed by atoms with E-state index in [9.17, 15) is 4.79 Å². The summed E-state index contributed by atoms with van der Waals surface area (Å²) >= 11 is 1.80. The van der Waals surface area contributed by atoms with Gasteiger partial charge in [-0.05, 0) is 50.6 Å². The van der Waals surface area contributed by atoms with Crippen LogP contribution in [0.3, 0.4) is 0 Å². The quantitative estimate of drug-likeness (QED) is 0.870. The molecule has 3 nitrogen and oxygen atoms in total. The molecule has 0 radical (unpaired) electrons. The lowest BCUT2D eigenvalue weighted by molar-refractivity contribution is -0.114. The highest BCUT2D eigenvalue weighted by atomic mass is 32.1. The van der Waals surface area contributed by atoms with E-state index in [1.165, 1.54) is 16.7 Å². The van der Waals surface area contributed by atoms with Crippen LogP contribution in [0, 0.1) is 13.8 Å². The van der Waals surface area contributed by atoms with Gasteiger partial charge in [0, 0.05) is 28.1 Å². The maximum absolute atomic E-state index is 11.2. The second-order valence-corrected chi connectivity index (χ2v) is 6.34. The zero-order valence-electron chi connectivity index (χ0n) is 12.3. The van der Waals surface area contributed by atoms with Gasteiger partial charge in [0.2, 0.25) is 5.91 Å². The second-order valence-electron chi connectivity index (χ2n) is 5.03. The molecule has 20 heavy (non-hydrogen) atoms. The van der Waals surface area contributed by atoms with Crippen molar-refractivity contribution in [1.82, 2.24) is 0 Å². The molecule has 0 aliphatic heterocycles. The zero-order valence-corrected chi connectivity index (χ0v) is 13.1. The van der Waals surface area contributed by atoms with Crippen molar-refractivity contribution in [2.75, 3.05) is 10.6 Å². The molecule has 0 aliphatic rings. The van der Waals surface area contributed by atoms with Crippen molar-refractivity contribution in [3.63, 3.8) is 0 Å². The molecule has 1 amide bonds. The molecular formula is C16H20N2OS. The normalized spacial score (nSPS) is 12.0. The largest absolute Gasteiger partial charge is 0.378 e. The Bertz CT molecular complexity index is 619. The Kier molecular flexibility index (Phi) is 4.45. The third-order valence-electron chi connectivity index (χ3n) is 3.12. The first-order valence-electron chi connectivity index (χ1n) is 6.67. The summed E-state index contributed by atoms with van der Waals surface area (Å²) in [6.45, 7) is 7.77. The van der Waals surface area contributed by atoms with Gasteiger partial charge in [0.25, 0.3) is 0 Å². The molecule has 1 heterocycles. The highest BCUT2D eigenvalue weighted by molar-refractivity contribution is 7.12. The van der Waals surface area contributed by atoms with E-state index < -0.39 is 0 Å². The number of aryl methyl sites for hydroxylation is 2. The van der Waals surface area contributed by atoms with Gasteiger partial charge in [-0.1, -0.05) is 6.07 Å². The fourth-order valence-corrected chi connectivity index (χ4v) is 2.92. The Hall–Kier alpha value is -1.81. The third-order valence-corrected chi connectivity index (χ3v) is 4.30. The van der Waals surface area contributed by atoms with Crippen LogP contribution in [0.5, 0.6) is 0 Å². The van der Waals surface area contributed by atoms with Crippen LogP contribution in [0.15, 0.2) is 30.3 Å². The highest BCUT2D eigenvalue weighted by Gasteiger charge is 2.09. The van der Waals surface area contributed by atoms with Gasteiger partial charge in [-0.2, -0.15) is 0 Å². The van der Waals surface area contributed by atoms with E-state index in [2.05, 4.69) is 36.6 Å². The molecule has 1 unspecified atom stereocenters. The zero-order chi connectivity index (χ0) is 14.7. The van der Waals surface area contributed by atoms with Gasteiger partial charge in [-0.15, -0.1) is 11.3 Å². The van der Waals surface area contributed by atoms with Crippen LogP contribution in [0.2, 0.25) is 0 Å². The molecule has 2 N–H and O–H groups in total. The minimum atomic E-state index is -0.0489. The Morgan fingerprint density at radius 2 is 1.95 bits per heavy atom. The number of nitrogens with one attached hydrogen (secondary N) is 2. The summed E-state index contributed by atoms with van der Waals surface area (Å²) in [6, 6.07) is 10.6. The van der Waals surface area contributed by atoms with E-state index in [4.69, 9.17) is 0 Å². The molecule has 0 saturated heterocycles. The first-order chi connectivity index (χ1) is 9.45. The molecule has 2 aromatic rings. The number of carbonyl (C=O) groups excluding carboxylic acids is 1. The van der Waals surface area contributed by atoms with Gasteiger partial charge in [-0.3, -0.25) is 4.79 Å². The van der Waals surface area contributed by atoms with Crippen molar-refractivity contribution in [3.8, 4) is 0 Å². The van der Waals surface area contributed by atoms with Gasteiger partial charge in [0.05, 0.1) is 6.04 Å². The Labute approximate surface area is 124 Å². The Balaban J connectivity index is 2.15. The monoisotopic (exact) mass is 288 g/mol. The smallest absolute Gasteiger partial charge is 0.221 e. The molecule has 0 aliphatic carbocycles. The summed E-state index contributed by atoms with van der Waals surface area (Å²) < 4.78 is 0. The molecular weight excluding hydrogens is 268 g/mol. The van der Waals surface area contributed by atoms with Crippen molar-refractivity contribution in [1.29, 1.82) is 0 Å². The van der Waals surface area contributed by atoms with E-state index in [0.717, 1.165) is 16.9 Å². The second kappa shape index (κ2) is 6.09. The summed E-state index contributed by atoms with van der Waals surface area (Å²) in [5.41, 5.74) is 2.93. The number of hydrogen-bond acceptors (Lipinski definition) is 3. The lowest BCUT2D eigenvalue weighted by atomic mass is 10.1. The number of benzene rings is 1. The van der Waals surface area contributed by atoms with Crippen LogP contribution in [-0.2, 0) is 4.79 Å². The van der Waals surface area contributed by atoms with Crippen LogP contribution >= 0.6 is 11.3 Å². The third kappa shape index (κ3) is 3.61. The van der Waals surface area contributed by atoms with Gasteiger partial charge in [0.15, 0.2) is 0 Å². The summed E-state index contributed by atoms with van der Waals surface area (Å²) in [7, 11) is 0. The van der Waals surface area contributed by atoms with Crippen molar-refractivity contribution in [2.24, 2.45) is 0 Å². The molecule has 0 fully saturated rings. The lowest BCUT2D eigenvalue weighted by Gasteiger charge is -2.16. The Morgan fingerprint density at radius 1 is 1.20 bits per heavy atom. The summed E-state index contributed by atoms with van der Waals surface area (Å²) in [5, 5.41) is 6.33. The number of rotatable bonds is 4. The molecule has 2 rings (SSSR count). The minimum Gasteiger partial charge on any atom is -0.378 e. The summed E-state index contributed by atoms with van der Waals surface area (Å²) in [4.78, 5) is 13.8. The molecule has 0 spiro atoms. The van der Waals surface area contributed by atoms with Crippen molar-refractivity contribution in [2.45, 2.75) is 33.7 Å². The number of hydrogen-bond donors (Lipinski definition) is 2. The summed E-state index contributed by atoms with van der Waals surface area (Å²) in [6.07, 6.45) is 0. The predicted octanol–water partition coefficient (Wildman–Crippen LogP) is 4.50. The van der Waals surface area contributed by atoms with Gasteiger partial charge in [0.1, 0.15) is 0 Å². The van der Waals surface area contributed by atoms with Crippen molar-refractivity contribution in [3.05, 3.63) is 45.6 Å². The van der Waals surface area contributed by atoms with Crippen molar-refractivity contribution >= 4 is 28.6 Å². The van der Waals surface area contributed by atoms with Gasteiger partial charge >= 0.3 is 0 Å². The Morgan fingerprint density at radius 3 is 2.55 bits per heavy atom. The minimum absolute atomic E-state index is 0.0489. The first-order valence-corrected chi connectivity index (χ1v) is 7.48. The molecule has 1 aromatic heterocycles. The standard InChI is InChI=1S/C16H20N2OS/c1-10-5-7-14(9-15(10)18-13(4)19)17-12(3)16-8-6-11(2)20-16/h5-9,12,17H,1-4H3,(H,18,19). The van der Waals surface area contributed by atoms with Crippen LogP contribution in [0.4, 0.5) is 11.4 Å². The first kappa shape index (κ1) is 14.6. The lowest BCUT2D eigenvalue weighted by Crippen LogP contribution is -2.09. The number of amides is 1. The molecule has 4 heteroatoms. The highest BCUT2D eigenvalue weighted by Crippen LogP contribution is 2.27. The fraction of sp³-hybridized carbons (Fsp3) is 0.312. The molecule has 0 saturated carbocycles. The van der Waals surface area contributed by atoms with Crippen LogP contribution in [-0.4, -0.2) is 5.91 Å². The molecule has 0 bridgehead atoms. The van der Waals surface area contributed by atoms with E-state index >= 15 is 0 Å². The van der Waals surface area contributed by atoms with E-state index in [1.807, 2.05) is 25.1 Å². The predicted molar refractivity (Wildman–Crippen MR) is 86.6 cm³/mol. The number of carbonyl (C=O) groups is 1. The average molecular weight is 288 g/mol. The molecule has 106 valence electrons. The van der Waals surface area contributed by atoms with E-state index in [1.54, 1.807) is 11.3 Å². The van der Waals surface area contributed by atoms with Gasteiger partial charge in [-0.25, -0.2) is 0 Å². The number of thiophene rings is 1. The van der Waals surface area contributed by atoms with Crippen molar-refractivity contribution < 1.29 is 4.79 Å². The van der Waals surface area contributed by atoms with Crippen LogP contribution in [0.25, 0.3) is 0 Å². The fourth-order valence-electron chi connectivity index (χ4n) is 2.04. The van der Waals surface area contributed by atoms with Crippen LogP contribution < -0.4 is 10.6 Å². The van der Waals surface area contributed by atoms with Gasteiger partial charge < -0.3 is 10.6 Å². The van der Waals surface area contributed by atoms with E-state index in [0.29, 0.717) is 0 Å². The van der Waals surface area contributed by atoms with Crippen LogP contribution in [0.1, 0.15) is 35.2 Å². The molecule has 1 aromatic carbocycles. The maximum atomic E-state index is 11.2. The topological polar surface area (TPSA) is 41.1 Å². The summed E-state index contributed by atoms with van der Waals surface area (Å²) in [5.74, 6) is -0.0489. The average Bonchev–Trinajstić information content (AvgIpc) is 2.79. The SMILES string of the molecule is CC(=O)Nc1cc(NC(C)c2ccc(C)s2)ccc1C. The maximum Gasteiger partial charge on any atom is 0.221 e. The molecule has 1 atom stereocenters. The number of anilines is 2. The van der Waals surface area contributed by atoms with E-state index in [-0.39, 0.29) is 11.9 Å².